The predicted octanol–water partition coefficient (Wildman–Crippen LogP) is 2.02. The van der Waals surface area contributed by atoms with Crippen molar-refractivity contribution in [2.75, 3.05) is 51.3 Å². The Balaban J connectivity index is 1.95. The van der Waals surface area contributed by atoms with E-state index in [2.05, 4.69) is 4.90 Å². The lowest BCUT2D eigenvalue weighted by molar-refractivity contribution is 0.0523. The lowest BCUT2D eigenvalue weighted by Gasteiger charge is -2.37. The lowest BCUT2D eigenvalue weighted by atomic mass is 10.1. The molecular weight excluding hydrogens is 365 g/mol. The van der Waals surface area contributed by atoms with Gasteiger partial charge in [0, 0.05) is 32.4 Å². The molecule has 150 valence electrons. The van der Waals surface area contributed by atoms with Crippen molar-refractivity contribution in [2.45, 2.75) is 19.9 Å². The number of carbonyl (C=O) groups excluding carboxylic acids is 1. The van der Waals surface area contributed by atoms with E-state index < -0.39 is 17.2 Å². The molecule has 2 aliphatic heterocycles. The number of hydrogen-bond acceptors (Lipinski definition) is 6. The number of ether oxygens (including phenoxy) is 2. The third-order valence-electron chi connectivity index (χ3n) is 5.46. The molecule has 7 nitrogen and oxygen atoms in total. The Bertz CT molecular complexity index is 995. The first-order valence-electron chi connectivity index (χ1n) is 9.57. The average Bonchev–Trinajstić information content (AvgIpc) is 2.67. The Hall–Kier alpha value is -2.61. The molecule has 2 aliphatic rings. The van der Waals surface area contributed by atoms with Gasteiger partial charge in [-0.15, -0.1) is 0 Å². The van der Waals surface area contributed by atoms with Crippen molar-refractivity contribution in [3.05, 3.63) is 33.9 Å². The maximum absolute atomic E-state index is 15.2. The van der Waals surface area contributed by atoms with Crippen molar-refractivity contribution < 1.29 is 18.7 Å². The fourth-order valence-corrected chi connectivity index (χ4v) is 3.89. The molecule has 1 aromatic heterocycles. The van der Waals surface area contributed by atoms with Crippen LogP contribution < -0.4 is 15.1 Å². The van der Waals surface area contributed by atoms with E-state index in [1.165, 1.54) is 12.3 Å². The molecule has 0 aliphatic carbocycles. The molecule has 1 atom stereocenters. The third-order valence-corrected chi connectivity index (χ3v) is 5.46. The second-order valence-corrected chi connectivity index (χ2v) is 7.38. The van der Waals surface area contributed by atoms with E-state index in [1.54, 1.807) is 6.92 Å². The number of hydrogen-bond donors (Lipinski definition) is 0. The number of halogens is 1. The van der Waals surface area contributed by atoms with Crippen LogP contribution in [0.3, 0.4) is 0 Å². The summed E-state index contributed by atoms with van der Waals surface area (Å²) in [6, 6.07) is 1.13. The number of pyridine rings is 1. The first-order valence-corrected chi connectivity index (χ1v) is 9.57. The SMILES string of the molecule is CCOC(=O)c1cn2c3c(c(N4CCN(C)CC4)c(F)cc3c1=O)OC[C@H]2C. The van der Waals surface area contributed by atoms with Gasteiger partial charge in [-0.25, -0.2) is 9.18 Å². The summed E-state index contributed by atoms with van der Waals surface area (Å²) in [4.78, 5) is 29.3. The molecule has 0 bridgehead atoms. The number of likely N-dealkylation sites (N-methyl/N-ethyl adjacent to an activating group) is 1. The molecule has 0 spiro atoms. The largest absolute Gasteiger partial charge is 0.487 e. The molecule has 0 saturated carbocycles. The van der Waals surface area contributed by atoms with Crippen LogP contribution in [0.4, 0.5) is 10.1 Å². The van der Waals surface area contributed by atoms with E-state index in [0.717, 1.165) is 13.1 Å². The quantitative estimate of drug-likeness (QED) is 0.749. The normalized spacial score (nSPS) is 19.6. The van der Waals surface area contributed by atoms with Crippen molar-refractivity contribution in [2.24, 2.45) is 0 Å². The van der Waals surface area contributed by atoms with E-state index >= 15 is 4.39 Å². The Morgan fingerprint density at radius 3 is 2.71 bits per heavy atom. The molecule has 0 amide bonds. The number of carbonyl (C=O) groups is 1. The molecule has 1 saturated heterocycles. The van der Waals surface area contributed by atoms with Crippen molar-refractivity contribution in [1.82, 2.24) is 9.47 Å². The summed E-state index contributed by atoms with van der Waals surface area (Å²) >= 11 is 0. The Morgan fingerprint density at radius 1 is 1.32 bits per heavy atom. The van der Waals surface area contributed by atoms with Crippen LogP contribution in [0, 0.1) is 5.82 Å². The number of esters is 1. The van der Waals surface area contributed by atoms with Gasteiger partial charge in [0.2, 0.25) is 5.43 Å². The number of rotatable bonds is 3. The number of anilines is 1. The summed E-state index contributed by atoms with van der Waals surface area (Å²) in [7, 11) is 2.03. The summed E-state index contributed by atoms with van der Waals surface area (Å²) in [5.41, 5.74) is 0.310. The van der Waals surface area contributed by atoms with Gasteiger partial charge in [0.15, 0.2) is 11.6 Å². The first-order chi connectivity index (χ1) is 13.4. The zero-order chi connectivity index (χ0) is 20.0. The van der Waals surface area contributed by atoms with Gasteiger partial charge in [0.1, 0.15) is 17.9 Å². The minimum Gasteiger partial charge on any atom is -0.487 e. The van der Waals surface area contributed by atoms with Crippen LogP contribution >= 0.6 is 0 Å². The minimum atomic E-state index is -0.693. The van der Waals surface area contributed by atoms with E-state index in [4.69, 9.17) is 9.47 Å². The molecule has 3 heterocycles. The number of nitrogens with zero attached hydrogens (tertiary/aromatic N) is 3. The Labute approximate surface area is 162 Å². The summed E-state index contributed by atoms with van der Waals surface area (Å²) in [6.07, 6.45) is 1.52. The van der Waals surface area contributed by atoms with Gasteiger partial charge >= 0.3 is 5.97 Å². The molecule has 28 heavy (non-hydrogen) atoms. The number of aromatic nitrogens is 1. The second kappa shape index (κ2) is 7.09. The molecule has 8 heteroatoms. The fourth-order valence-electron chi connectivity index (χ4n) is 3.89. The van der Waals surface area contributed by atoms with E-state index in [1.807, 2.05) is 23.4 Å². The van der Waals surface area contributed by atoms with Crippen LogP contribution in [0.25, 0.3) is 10.9 Å². The summed E-state index contributed by atoms with van der Waals surface area (Å²) in [5.74, 6) is -0.821. The average molecular weight is 389 g/mol. The monoisotopic (exact) mass is 389 g/mol. The van der Waals surface area contributed by atoms with Gasteiger partial charge in [-0.2, -0.15) is 0 Å². The van der Waals surface area contributed by atoms with Gasteiger partial charge < -0.3 is 23.8 Å². The zero-order valence-corrected chi connectivity index (χ0v) is 16.3. The Kier molecular flexibility index (Phi) is 4.74. The molecule has 0 radical (unpaired) electrons. The maximum atomic E-state index is 15.2. The first kappa shape index (κ1) is 18.7. The van der Waals surface area contributed by atoms with Crippen LogP contribution in [0.15, 0.2) is 17.1 Å². The van der Waals surface area contributed by atoms with Crippen LogP contribution in [0.5, 0.6) is 5.75 Å². The minimum absolute atomic E-state index is 0.0826. The molecule has 1 aromatic carbocycles. The van der Waals surface area contributed by atoms with E-state index in [-0.39, 0.29) is 23.6 Å². The second-order valence-electron chi connectivity index (χ2n) is 7.38. The maximum Gasteiger partial charge on any atom is 0.343 e. The van der Waals surface area contributed by atoms with Crippen LogP contribution in [-0.4, -0.2) is 61.9 Å². The highest BCUT2D eigenvalue weighted by Crippen LogP contribution is 2.42. The van der Waals surface area contributed by atoms with Crippen molar-refractivity contribution in [3.8, 4) is 5.75 Å². The Morgan fingerprint density at radius 2 is 2.04 bits per heavy atom. The van der Waals surface area contributed by atoms with Crippen LogP contribution in [0.2, 0.25) is 0 Å². The number of benzene rings is 1. The fraction of sp³-hybridized carbons (Fsp3) is 0.500. The molecule has 0 unspecified atom stereocenters. The highest BCUT2D eigenvalue weighted by atomic mass is 19.1. The highest BCUT2D eigenvalue weighted by Gasteiger charge is 2.31. The van der Waals surface area contributed by atoms with Crippen molar-refractivity contribution in [1.29, 1.82) is 0 Å². The lowest BCUT2D eigenvalue weighted by Crippen LogP contribution is -2.45. The van der Waals surface area contributed by atoms with Crippen LogP contribution in [0.1, 0.15) is 30.2 Å². The standard InChI is InChI=1S/C20H24FN3O4/c1-4-27-20(26)14-10-24-12(2)11-28-19-16(24)13(18(14)25)9-15(21)17(19)23-7-5-22(3)6-8-23/h9-10,12H,4-8,11H2,1-3H3/t12-/m1/s1. The van der Waals surface area contributed by atoms with Crippen molar-refractivity contribution in [3.63, 3.8) is 0 Å². The van der Waals surface area contributed by atoms with Gasteiger partial charge in [0.05, 0.1) is 23.6 Å². The molecule has 4 rings (SSSR count). The smallest absolute Gasteiger partial charge is 0.343 e. The molecular formula is C20H24FN3O4. The zero-order valence-electron chi connectivity index (χ0n) is 16.3. The molecule has 0 N–H and O–H groups in total. The van der Waals surface area contributed by atoms with Gasteiger partial charge in [-0.1, -0.05) is 0 Å². The van der Waals surface area contributed by atoms with Crippen LogP contribution in [-0.2, 0) is 4.74 Å². The summed E-state index contributed by atoms with van der Waals surface area (Å²) in [6.45, 7) is 7.10. The van der Waals surface area contributed by atoms with E-state index in [9.17, 15) is 9.59 Å². The highest BCUT2D eigenvalue weighted by molar-refractivity contribution is 5.98. The van der Waals surface area contributed by atoms with Crippen molar-refractivity contribution >= 4 is 22.6 Å². The topological polar surface area (TPSA) is 64.0 Å². The third kappa shape index (κ3) is 2.92. The van der Waals surface area contributed by atoms with E-state index in [0.29, 0.717) is 36.6 Å². The van der Waals surface area contributed by atoms with Gasteiger partial charge in [-0.3, -0.25) is 4.79 Å². The van der Waals surface area contributed by atoms with Gasteiger partial charge in [-0.05, 0) is 27.0 Å². The molecule has 1 fully saturated rings. The number of piperazine rings is 1. The summed E-state index contributed by atoms with van der Waals surface area (Å²) in [5, 5.41) is 0.141. The summed E-state index contributed by atoms with van der Waals surface area (Å²) < 4.78 is 27.9. The molecule has 2 aromatic rings. The predicted molar refractivity (Wildman–Crippen MR) is 104 cm³/mol. The van der Waals surface area contributed by atoms with Gasteiger partial charge in [0.25, 0.3) is 0 Å².